The number of carbonyl (C=O) groups excluding carboxylic acids is 1. The Labute approximate surface area is 176 Å². The predicted octanol–water partition coefficient (Wildman–Crippen LogP) is 5.89. The van der Waals surface area contributed by atoms with E-state index in [2.05, 4.69) is 23.7 Å². The Balaban J connectivity index is 1.66. The molecule has 0 saturated heterocycles. The summed E-state index contributed by atoms with van der Waals surface area (Å²) in [5, 5.41) is 0. The van der Waals surface area contributed by atoms with Gasteiger partial charge in [-0.2, -0.15) is 0 Å². The van der Waals surface area contributed by atoms with E-state index in [1.54, 1.807) is 4.57 Å². The molecule has 0 atom stereocenters. The van der Waals surface area contributed by atoms with Crippen molar-refractivity contribution in [3.05, 3.63) is 90.0 Å². The minimum absolute atomic E-state index is 0.398. The fourth-order valence-corrected chi connectivity index (χ4v) is 3.14. The number of benzene rings is 3. The summed E-state index contributed by atoms with van der Waals surface area (Å²) in [7, 11) is 0. The van der Waals surface area contributed by atoms with E-state index in [0.29, 0.717) is 12.4 Å². The molecule has 148 valence electrons. The van der Waals surface area contributed by atoms with Crippen molar-refractivity contribution in [2.45, 2.75) is 19.8 Å². The highest BCUT2D eigenvalue weighted by Gasteiger charge is 2.19. The van der Waals surface area contributed by atoms with Crippen LogP contribution < -0.4 is 0 Å². The number of nitrogens with zero attached hydrogens (tertiary/aromatic N) is 2. The molecule has 0 saturated carbocycles. The van der Waals surface area contributed by atoms with E-state index in [4.69, 9.17) is 4.74 Å². The third kappa shape index (κ3) is 4.26. The molecule has 3 aromatic carbocycles. The van der Waals surface area contributed by atoms with Gasteiger partial charge in [-0.15, -0.1) is 0 Å². The number of aromatic nitrogens is 2. The first-order chi connectivity index (χ1) is 14.8. The van der Waals surface area contributed by atoms with E-state index in [9.17, 15) is 4.79 Å². The van der Waals surface area contributed by atoms with E-state index < -0.39 is 6.09 Å². The smallest absolute Gasteiger partial charge is 0.420 e. The maximum absolute atomic E-state index is 12.8. The molecule has 0 aliphatic rings. The first kappa shape index (κ1) is 19.5. The van der Waals surface area contributed by atoms with Crippen molar-refractivity contribution < 1.29 is 9.53 Å². The number of unbranched alkanes of at least 4 members (excludes halogenated alkanes) is 1. The average Bonchev–Trinajstić information content (AvgIpc) is 3.18. The number of ether oxygens (including phenoxy) is 1. The zero-order chi connectivity index (χ0) is 20.8. The Morgan fingerprint density at radius 3 is 2.30 bits per heavy atom. The van der Waals surface area contributed by atoms with Crippen LogP contribution in [0.4, 0.5) is 4.79 Å². The van der Waals surface area contributed by atoms with Gasteiger partial charge in [0.2, 0.25) is 0 Å². The summed E-state index contributed by atoms with van der Waals surface area (Å²) in [6.07, 6.45) is 1.40. The summed E-state index contributed by atoms with van der Waals surface area (Å²) < 4.78 is 7.02. The van der Waals surface area contributed by atoms with Crippen LogP contribution in [0.2, 0.25) is 0 Å². The highest BCUT2D eigenvalue weighted by Crippen LogP contribution is 2.25. The largest absolute Gasteiger partial charge is 0.449 e. The van der Waals surface area contributed by atoms with Crippen LogP contribution >= 0.6 is 0 Å². The van der Waals surface area contributed by atoms with E-state index in [1.807, 2.05) is 78.9 Å². The lowest BCUT2D eigenvalue weighted by molar-refractivity contribution is 0.147. The molecule has 0 bridgehead atoms. The third-order valence-corrected chi connectivity index (χ3v) is 4.73. The average molecular weight is 394 g/mol. The van der Waals surface area contributed by atoms with Crippen molar-refractivity contribution >= 4 is 17.1 Å². The summed E-state index contributed by atoms with van der Waals surface area (Å²) in [4.78, 5) is 17.5. The second-order valence-electron chi connectivity index (χ2n) is 6.92. The quantitative estimate of drug-likeness (QED) is 0.320. The van der Waals surface area contributed by atoms with Crippen molar-refractivity contribution in [1.82, 2.24) is 9.55 Å². The zero-order valence-electron chi connectivity index (χ0n) is 16.8. The van der Waals surface area contributed by atoms with Crippen LogP contribution in [0.5, 0.6) is 0 Å². The summed E-state index contributed by atoms with van der Waals surface area (Å²) in [5.74, 6) is 6.89. The minimum Gasteiger partial charge on any atom is -0.449 e. The van der Waals surface area contributed by atoms with Gasteiger partial charge in [0.1, 0.15) is 0 Å². The normalized spacial score (nSPS) is 10.4. The molecule has 0 unspecified atom stereocenters. The van der Waals surface area contributed by atoms with E-state index >= 15 is 0 Å². The van der Waals surface area contributed by atoms with E-state index in [1.165, 1.54) is 0 Å². The summed E-state index contributed by atoms with van der Waals surface area (Å²) >= 11 is 0. The van der Waals surface area contributed by atoms with Crippen LogP contribution in [0.3, 0.4) is 0 Å². The van der Waals surface area contributed by atoms with Crippen molar-refractivity contribution in [2.75, 3.05) is 6.61 Å². The lowest BCUT2D eigenvalue weighted by atomic mass is 10.1. The Hall–Kier alpha value is -3.84. The minimum atomic E-state index is -0.403. The molecular formula is C26H22N2O2. The fraction of sp³-hybridized carbons (Fsp3) is 0.154. The summed E-state index contributed by atoms with van der Waals surface area (Å²) in [6, 6.07) is 25.2. The number of hydrogen-bond acceptors (Lipinski definition) is 3. The van der Waals surface area contributed by atoms with Crippen LogP contribution in [0, 0.1) is 11.8 Å². The van der Waals surface area contributed by atoms with Gasteiger partial charge < -0.3 is 4.74 Å². The highest BCUT2D eigenvalue weighted by molar-refractivity contribution is 5.92. The highest BCUT2D eigenvalue weighted by atomic mass is 16.5. The van der Waals surface area contributed by atoms with Crippen LogP contribution in [-0.2, 0) is 4.74 Å². The standard InChI is InChI=1S/C26H22N2O2/c1-2-3-19-30-26(29)28-24-12-8-7-11-23(24)27-25(28)22-17-15-21(16-18-22)14-13-20-9-5-4-6-10-20/h4-12,15-18H,2-3,19H2,1H3. The SMILES string of the molecule is CCCCOC(=O)n1c(-c2ccc(C#Cc3ccccc3)cc2)nc2ccccc21. The molecule has 4 heteroatoms. The number of hydrogen-bond donors (Lipinski definition) is 0. The Kier molecular flexibility index (Phi) is 5.91. The molecule has 0 aliphatic carbocycles. The van der Waals surface area contributed by atoms with E-state index in [0.717, 1.165) is 40.6 Å². The molecule has 0 radical (unpaired) electrons. The Morgan fingerprint density at radius 2 is 1.57 bits per heavy atom. The maximum atomic E-state index is 12.8. The number of rotatable bonds is 4. The molecule has 4 nitrogen and oxygen atoms in total. The third-order valence-electron chi connectivity index (χ3n) is 4.73. The monoisotopic (exact) mass is 394 g/mol. The summed E-state index contributed by atoms with van der Waals surface area (Å²) in [5.41, 5.74) is 4.20. The molecule has 4 aromatic rings. The van der Waals surface area contributed by atoms with Gasteiger partial charge in [0, 0.05) is 16.7 Å². The second-order valence-corrected chi connectivity index (χ2v) is 6.92. The van der Waals surface area contributed by atoms with Crippen LogP contribution in [0.15, 0.2) is 78.9 Å². The molecule has 1 heterocycles. The van der Waals surface area contributed by atoms with E-state index in [-0.39, 0.29) is 0 Å². The predicted molar refractivity (Wildman–Crippen MR) is 119 cm³/mol. The van der Waals surface area contributed by atoms with Crippen molar-refractivity contribution in [3.63, 3.8) is 0 Å². The number of para-hydroxylation sites is 2. The van der Waals surface area contributed by atoms with Gasteiger partial charge in [0.05, 0.1) is 17.6 Å². The van der Waals surface area contributed by atoms with Gasteiger partial charge in [0.25, 0.3) is 0 Å². The molecule has 4 rings (SSSR count). The second kappa shape index (κ2) is 9.11. The Morgan fingerprint density at radius 1 is 0.900 bits per heavy atom. The number of fused-ring (bicyclic) bond motifs is 1. The van der Waals surface area contributed by atoms with Crippen LogP contribution in [-0.4, -0.2) is 22.3 Å². The van der Waals surface area contributed by atoms with Crippen molar-refractivity contribution in [2.24, 2.45) is 0 Å². The molecule has 0 N–H and O–H groups in total. The molecular weight excluding hydrogens is 372 g/mol. The number of carbonyl (C=O) groups is 1. The number of imidazole rings is 1. The van der Waals surface area contributed by atoms with Gasteiger partial charge in [-0.3, -0.25) is 0 Å². The first-order valence-electron chi connectivity index (χ1n) is 10.1. The molecule has 0 spiro atoms. The summed E-state index contributed by atoms with van der Waals surface area (Å²) in [6.45, 7) is 2.46. The molecule has 0 aliphatic heterocycles. The molecule has 0 amide bonds. The van der Waals surface area contributed by atoms with Gasteiger partial charge >= 0.3 is 6.09 Å². The van der Waals surface area contributed by atoms with Crippen molar-refractivity contribution in [1.29, 1.82) is 0 Å². The van der Waals surface area contributed by atoms with Gasteiger partial charge in [-0.1, -0.05) is 67.6 Å². The van der Waals surface area contributed by atoms with Gasteiger partial charge in [-0.25, -0.2) is 14.3 Å². The Bertz CT molecular complexity index is 1210. The first-order valence-corrected chi connectivity index (χ1v) is 10.1. The molecule has 0 fully saturated rings. The van der Waals surface area contributed by atoms with Gasteiger partial charge in [-0.05, 0) is 42.8 Å². The maximum Gasteiger partial charge on any atom is 0.420 e. The lowest BCUT2D eigenvalue weighted by Crippen LogP contribution is -2.15. The van der Waals surface area contributed by atoms with Crippen LogP contribution in [0.25, 0.3) is 22.4 Å². The molecule has 30 heavy (non-hydrogen) atoms. The zero-order valence-corrected chi connectivity index (χ0v) is 16.8. The topological polar surface area (TPSA) is 44.1 Å². The van der Waals surface area contributed by atoms with Crippen LogP contribution in [0.1, 0.15) is 30.9 Å². The molecule has 1 aromatic heterocycles. The lowest BCUT2D eigenvalue weighted by Gasteiger charge is -2.09. The van der Waals surface area contributed by atoms with Crippen molar-refractivity contribution in [3.8, 4) is 23.2 Å². The fourth-order valence-electron chi connectivity index (χ4n) is 3.14. The van der Waals surface area contributed by atoms with Gasteiger partial charge in [0.15, 0.2) is 5.82 Å².